The molecule has 0 amide bonds. The summed E-state index contributed by atoms with van der Waals surface area (Å²) in [7, 11) is 0. The number of aliphatic imine (C=N–C) groups is 2. The summed E-state index contributed by atoms with van der Waals surface area (Å²) in [5, 5.41) is 0. The molecule has 0 bridgehead atoms. The second kappa shape index (κ2) is 12.9. The highest BCUT2D eigenvalue weighted by molar-refractivity contribution is 5.98. The third kappa shape index (κ3) is 6.06. The Bertz CT molecular complexity index is 1650. The van der Waals surface area contributed by atoms with Crippen molar-refractivity contribution in [2.75, 3.05) is 13.2 Å². The van der Waals surface area contributed by atoms with Crippen LogP contribution in [0.4, 0.5) is 0 Å². The smallest absolute Gasteiger partial charge is 0.220 e. The number of hydrogen-bond acceptors (Lipinski definition) is 6. The van der Waals surface area contributed by atoms with Crippen LogP contribution in [0.3, 0.4) is 0 Å². The first-order valence-electron chi connectivity index (χ1n) is 14.8. The van der Waals surface area contributed by atoms with Crippen molar-refractivity contribution in [1.82, 2.24) is 0 Å². The van der Waals surface area contributed by atoms with E-state index in [1.807, 2.05) is 97.1 Å². The SMILES string of the molecule is c1ccc([C@@H]2COC(c3ccccc3OCc3ccccc3COc3ccccc3C3=N[C@H](c4ccccc4)CO3)=N2)cc1. The van der Waals surface area contributed by atoms with Gasteiger partial charge >= 0.3 is 0 Å². The molecule has 5 aromatic rings. The van der Waals surface area contributed by atoms with Crippen LogP contribution >= 0.6 is 0 Å². The van der Waals surface area contributed by atoms with Crippen molar-refractivity contribution in [2.24, 2.45) is 9.98 Å². The summed E-state index contributed by atoms with van der Waals surface area (Å²) < 4.78 is 24.8. The minimum Gasteiger partial charge on any atom is -0.488 e. The summed E-state index contributed by atoms with van der Waals surface area (Å²) in [5.41, 5.74) is 6.04. The van der Waals surface area contributed by atoms with E-state index in [0.717, 1.165) is 44.9 Å². The highest BCUT2D eigenvalue weighted by Crippen LogP contribution is 2.31. The van der Waals surface area contributed by atoms with Crippen LogP contribution in [-0.2, 0) is 22.7 Å². The van der Waals surface area contributed by atoms with Crippen LogP contribution in [0.2, 0.25) is 0 Å². The zero-order valence-corrected chi connectivity index (χ0v) is 24.2. The van der Waals surface area contributed by atoms with Crippen LogP contribution in [0, 0.1) is 0 Å². The standard InChI is InChI=1S/C38H32N2O4/c1-3-13-27(14-4-1)33-25-43-37(39-33)31-19-9-11-21-35(31)41-23-29-17-7-8-18-30(29)24-42-36-22-12-10-20-32(36)38-40-34(26-44-38)28-15-5-2-6-16-28/h1-22,33-34H,23-26H2/t33-,34-/m0/s1. The Hall–Kier alpha value is -5.36. The lowest BCUT2D eigenvalue weighted by Gasteiger charge is -2.15. The largest absolute Gasteiger partial charge is 0.488 e. The van der Waals surface area contributed by atoms with Crippen LogP contribution in [0.15, 0.2) is 143 Å². The molecule has 0 radical (unpaired) electrons. The lowest BCUT2D eigenvalue weighted by Crippen LogP contribution is -2.09. The van der Waals surface area contributed by atoms with Crippen molar-refractivity contribution >= 4 is 11.8 Å². The van der Waals surface area contributed by atoms with Crippen molar-refractivity contribution in [2.45, 2.75) is 25.3 Å². The first kappa shape index (κ1) is 27.5. The summed E-state index contributed by atoms with van der Waals surface area (Å²) in [6, 6.07) is 44.3. The van der Waals surface area contributed by atoms with E-state index < -0.39 is 0 Å². The van der Waals surface area contributed by atoms with Gasteiger partial charge in [-0.05, 0) is 46.5 Å². The lowest BCUT2D eigenvalue weighted by atomic mass is 10.1. The Morgan fingerprint density at radius 3 is 1.32 bits per heavy atom. The van der Waals surface area contributed by atoms with Gasteiger partial charge in [0, 0.05) is 0 Å². The Kier molecular flexibility index (Phi) is 8.04. The minimum atomic E-state index is -0.0233. The van der Waals surface area contributed by atoms with Crippen LogP contribution in [0.5, 0.6) is 11.5 Å². The van der Waals surface area contributed by atoms with Gasteiger partial charge in [0.05, 0.1) is 11.1 Å². The van der Waals surface area contributed by atoms with E-state index >= 15 is 0 Å². The van der Waals surface area contributed by atoms with E-state index in [2.05, 4.69) is 36.4 Å². The summed E-state index contributed by atoms with van der Waals surface area (Å²) in [6.07, 6.45) is 0. The topological polar surface area (TPSA) is 61.6 Å². The van der Waals surface area contributed by atoms with E-state index in [1.54, 1.807) is 0 Å². The molecule has 2 atom stereocenters. The van der Waals surface area contributed by atoms with Gasteiger partial charge in [-0.2, -0.15) is 0 Å². The summed E-state index contributed by atoms with van der Waals surface area (Å²) in [6.45, 7) is 1.78. The molecule has 2 heterocycles. The van der Waals surface area contributed by atoms with Gasteiger partial charge in [-0.25, -0.2) is 9.98 Å². The fourth-order valence-electron chi connectivity index (χ4n) is 5.42. The van der Waals surface area contributed by atoms with Gasteiger partial charge in [-0.3, -0.25) is 0 Å². The van der Waals surface area contributed by atoms with Crippen LogP contribution in [0.1, 0.15) is 45.5 Å². The first-order valence-corrected chi connectivity index (χ1v) is 14.8. The molecule has 0 fully saturated rings. The zero-order chi connectivity index (χ0) is 29.6. The van der Waals surface area contributed by atoms with Crippen LogP contribution in [0.25, 0.3) is 0 Å². The Balaban J connectivity index is 1.05. The average molecular weight is 581 g/mol. The molecule has 0 saturated carbocycles. The molecular weight excluding hydrogens is 548 g/mol. The number of rotatable bonds is 10. The van der Waals surface area contributed by atoms with Crippen molar-refractivity contribution in [3.8, 4) is 11.5 Å². The molecule has 6 nitrogen and oxygen atoms in total. The van der Waals surface area contributed by atoms with Crippen molar-refractivity contribution in [1.29, 1.82) is 0 Å². The van der Waals surface area contributed by atoms with Crippen LogP contribution < -0.4 is 9.47 Å². The molecule has 2 aliphatic heterocycles. The molecule has 5 aromatic carbocycles. The Morgan fingerprint density at radius 1 is 0.477 bits per heavy atom. The van der Waals surface area contributed by atoms with Crippen molar-refractivity contribution in [3.63, 3.8) is 0 Å². The van der Waals surface area contributed by atoms with Crippen molar-refractivity contribution in [3.05, 3.63) is 167 Å². The number of hydrogen-bond donors (Lipinski definition) is 0. The minimum absolute atomic E-state index is 0.0233. The maximum absolute atomic E-state index is 6.37. The molecule has 0 saturated heterocycles. The Morgan fingerprint density at radius 2 is 0.864 bits per heavy atom. The van der Waals surface area contributed by atoms with E-state index in [9.17, 15) is 0 Å². The monoisotopic (exact) mass is 580 g/mol. The molecule has 0 aromatic heterocycles. The first-order chi connectivity index (χ1) is 21.8. The molecule has 218 valence electrons. The molecule has 0 spiro atoms. The molecule has 6 heteroatoms. The third-order valence-corrected chi connectivity index (χ3v) is 7.79. The number of nitrogens with zero attached hydrogens (tertiary/aromatic N) is 2. The normalized spacial score (nSPS) is 17.3. The van der Waals surface area contributed by atoms with Gasteiger partial charge in [-0.15, -0.1) is 0 Å². The Labute approximate surface area is 257 Å². The fourth-order valence-corrected chi connectivity index (χ4v) is 5.42. The summed E-state index contributed by atoms with van der Waals surface area (Å²) in [5.74, 6) is 2.67. The molecule has 2 aliphatic rings. The predicted molar refractivity (Wildman–Crippen MR) is 171 cm³/mol. The van der Waals surface area contributed by atoms with Crippen molar-refractivity contribution < 1.29 is 18.9 Å². The number of ether oxygens (including phenoxy) is 4. The van der Waals surface area contributed by atoms with Gasteiger partial charge in [-0.1, -0.05) is 109 Å². The average Bonchev–Trinajstić information content (AvgIpc) is 3.79. The second-order valence-electron chi connectivity index (χ2n) is 10.7. The molecule has 0 N–H and O–H groups in total. The maximum atomic E-state index is 6.37. The summed E-state index contributed by atoms with van der Waals surface area (Å²) >= 11 is 0. The fraction of sp³-hybridized carbons (Fsp3) is 0.158. The van der Waals surface area contributed by atoms with Gasteiger partial charge < -0.3 is 18.9 Å². The van der Waals surface area contributed by atoms with E-state index in [1.165, 1.54) is 0 Å². The molecule has 44 heavy (non-hydrogen) atoms. The number of benzene rings is 5. The second-order valence-corrected chi connectivity index (χ2v) is 10.7. The highest BCUT2D eigenvalue weighted by atomic mass is 16.5. The van der Waals surface area contributed by atoms with E-state index in [4.69, 9.17) is 28.9 Å². The third-order valence-electron chi connectivity index (χ3n) is 7.79. The zero-order valence-electron chi connectivity index (χ0n) is 24.2. The van der Waals surface area contributed by atoms with Gasteiger partial charge in [0.1, 0.15) is 50.0 Å². The van der Waals surface area contributed by atoms with Gasteiger partial charge in [0.15, 0.2) is 0 Å². The molecule has 7 rings (SSSR count). The lowest BCUT2D eigenvalue weighted by molar-refractivity contribution is 0.281. The predicted octanol–water partition coefficient (Wildman–Crippen LogP) is 7.88. The molecular formula is C38H32N2O4. The van der Waals surface area contributed by atoms with Crippen LogP contribution in [-0.4, -0.2) is 25.0 Å². The van der Waals surface area contributed by atoms with Gasteiger partial charge in [0.2, 0.25) is 11.8 Å². The summed E-state index contributed by atoms with van der Waals surface area (Å²) in [4.78, 5) is 9.72. The molecule has 0 unspecified atom stereocenters. The number of para-hydroxylation sites is 2. The van der Waals surface area contributed by atoms with Gasteiger partial charge in [0.25, 0.3) is 0 Å². The molecule has 0 aliphatic carbocycles. The maximum Gasteiger partial charge on any atom is 0.220 e. The quantitative estimate of drug-likeness (QED) is 0.169. The van der Waals surface area contributed by atoms with E-state index in [0.29, 0.717) is 38.2 Å². The van der Waals surface area contributed by atoms with E-state index in [-0.39, 0.29) is 12.1 Å². The highest BCUT2D eigenvalue weighted by Gasteiger charge is 2.25.